The van der Waals surface area contributed by atoms with Crippen molar-refractivity contribution in [1.29, 1.82) is 0 Å². The lowest BCUT2D eigenvalue weighted by Gasteiger charge is -2.38. The number of ether oxygens (including phenoxy) is 3. The van der Waals surface area contributed by atoms with E-state index in [0.717, 1.165) is 59.1 Å². The van der Waals surface area contributed by atoms with E-state index < -0.39 is 24.3 Å². The van der Waals surface area contributed by atoms with E-state index in [2.05, 4.69) is 32.4 Å². The number of hydrogen-bond acceptors (Lipinski definition) is 10. The molecule has 4 aromatic rings. The van der Waals surface area contributed by atoms with E-state index >= 15 is 0 Å². The lowest BCUT2D eigenvalue weighted by Crippen LogP contribution is -2.54. The summed E-state index contributed by atoms with van der Waals surface area (Å²) in [4.78, 5) is 72.4. The van der Waals surface area contributed by atoms with Crippen LogP contribution in [0.25, 0.3) is 22.3 Å². The van der Waals surface area contributed by atoms with Crippen molar-refractivity contribution in [2.75, 3.05) is 39.7 Å². The molecule has 0 saturated carbocycles. The van der Waals surface area contributed by atoms with Gasteiger partial charge in [0.1, 0.15) is 29.8 Å². The van der Waals surface area contributed by atoms with Gasteiger partial charge in [0.05, 0.1) is 48.6 Å². The molecule has 5 atom stereocenters. The molecule has 3 saturated heterocycles. The number of nitrogens with one attached hydrogen (secondary N) is 4. The molecule has 5 heterocycles. The van der Waals surface area contributed by atoms with Gasteiger partial charge in [-0.3, -0.25) is 9.59 Å². The highest BCUT2D eigenvalue weighted by Gasteiger charge is 2.46. The van der Waals surface area contributed by atoms with Crippen LogP contribution in [0.1, 0.15) is 88.2 Å². The van der Waals surface area contributed by atoms with Gasteiger partial charge in [0.15, 0.2) is 0 Å². The second-order valence-corrected chi connectivity index (χ2v) is 17.4. The Morgan fingerprint density at radius 3 is 2.15 bits per heavy atom. The van der Waals surface area contributed by atoms with Crippen LogP contribution in [-0.2, 0) is 23.8 Å². The van der Waals surface area contributed by atoms with Crippen LogP contribution in [0.2, 0.25) is 0 Å². The van der Waals surface area contributed by atoms with Crippen LogP contribution in [0, 0.1) is 29.6 Å². The number of methoxy groups -OCH3 is 2. The van der Waals surface area contributed by atoms with Gasteiger partial charge in [-0.2, -0.15) is 0 Å². The number of aromatic amines is 2. The highest BCUT2D eigenvalue weighted by Crippen LogP contribution is 2.44. The number of fused-ring (bicyclic) bond motifs is 1. The summed E-state index contributed by atoms with van der Waals surface area (Å²) in [6.45, 7) is 9.54. The minimum atomic E-state index is -0.745. The molecule has 0 aliphatic carbocycles. The van der Waals surface area contributed by atoms with E-state index in [0.29, 0.717) is 37.2 Å². The quantitative estimate of drug-likeness (QED) is 0.135. The number of alkyl carbamates (subject to hydrolysis) is 2. The van der Waals surface area contributed by atoms with Crippen molar-refractivity contribution in [3.63, 3.8) is 0 Å². The van der Waals surface area contributed by atoms with Crippen LogP contribution in [0.15, 0.2) is 48.7 Å². The maximum Gasteiger partial charge on any atom is 0.407 e. The highest BCUT2D eigenvalue weighted by molar-refractivity contribution is 8.00. The molecule has 3 aliphatic rings. The third-order valence-electron chi connectivity index (χ3n) is 11.6. The van der Waals surface area contributed by atoms with E-state index in [1.807, 2.05) is 75.1 Å². The van der Waals surface area contributed by atoms with E-state index in [1.54, 1.807) is 22.9 Å². The molecule has 16 heteroatoms. The molecule has 1 unspecified atom stereocenters. The van der Waals surface area contributed by atoms with Crippen LogP contribution in [-0.4, -0.2) is 111 Å². The van der Waals surface area contributed by atoms with Gasteiger partial charge >= 0.3 is 12.2 Å². The minimum absolute atomic E-state index is 0.0660. The van der Waals surface area contributed by atoms with Gasteiger partial charge in [0, 0.05) is 36.6 Å². The summed E-state index contributed by atoms with van der Waals surface area (Å²) >= 11 is 1.76. The molecule has 3 aliphatic heterocycles. The number of hydrogen-bond donors (Lipinski definition) is 4. The Balaban J connectivity index is 1.05. The van der Waals surface area contributed by atoms with Crippen molar-refractivity contribution in [3.05, 3.63) is 71.4 Å². The second kappa shape index (κ2) is 18.8. The fourth-order valence-electron chi connectivity index (χ4n) is 8.23. The SMILES string of the molecule is COC(=O)N[C@H](C(=O)N1CCC[C@H]1c1nc2ccc(C#Cc3ccc(-c4cnc([C@@H]5CSC(C6CCOCC6)N5C(=O)[C@@H](NC(=O)OC)C(C)C)[nH]4)cc3)cc2[nH]1)C(C)C. The summed E-state index contributed by atoms with van der Waals surface area (Å²) in [5.74, 6) is 8.34. The smallest absolute Gasteiger partial charge is 0.407 e. The fraction of sp³-hybridized carbons (Fsp3) is 0.500. The number of benzene rings is 2. The van der Waals surface area contributed by atoms with Gasteiger partial charge in [-0.1, -0.05) is 51.7 Å². The first-order chi connectivity index (χ1) is 28.9. The number of aromatic nitrogens is 4. The number of thioether (sulfide) groups is 1. The summed E-state index contributed by atoms with van der Waals surface area (Å²) in [5.41, 5.74) is 5.02. The molecule has 15 nitrogen and oxygen atoms in total. The molecule has 0 bridgehead atoms. The number of rotatable bonds is 10. The monoisotopic (exact) mass is 838 g/mol. The van der Waals surface area contributed by atoms with Crippen molar-refractivity contribution in [2.45, 2.75) is 82.9 Å². The third-order valence-corrected chi connectivity index (χ3v) is 13.0. The van der Waals surface area contributed by atoms with Gasteiger partial charge in [-0.25, -0.2) is 19.6 Å². The molecule has 4 N–H and O–H groups in total. The highest BCUT2D eigenvalue weighted by atomic mass is 32.2. The van der Waals surface area contributed by atoms with Crippen molar-refractivity contribution >= 4 is 46.8 Å². The summed E-state index contributed by atoms with van der Waals surface area (Å²) in [5, 5.41) is 5.40. The second-order valence-electron chi connectivity index (χ2n) is 16.2. The van der Waals surface area contributed by atoms with Crippen molar-refractivity contribution in [1.82, 2.24) is 40.4 Å². The van der Waals surface area contributed by atoms with Crippen LogP contribution < -0.4 is 10.6 Å². The minimum Gasteiger partial charge on any atom is -0.453 e. The molecule has 2 aromatic heterocycles. The predicted octanol–water partition coefficient (Wildman–Crippen LogP) is 6.15. The Kier molecular flexibility index (Phi) is 13.4. The Bertz CT molecular complexity index is 2240. The molecule has 4 amide bonds. The largest absolute Gasteiger partial charge is 0.453 e. The first-order valence-corrected chi connectivity index (χ1v) is 21.7. The van der Waals surface area contributed by atoms with Crippen LogP contribution >= 0.6 is 11.8 Å². The molecular weight excluding hydrogens is 785 g/mol. The summed E-state index contributed by atoms with van der Waals surface area (Å²) in [6, 6.07) is 11.8. The number of nitrogens with zero attached hydrogens (tertiary/aromatic N) is 4. The average molecular weight is 839 g/mol. The van der Waals surface area contributed by atoms with Gasteiger partial charge in [0.2, 0.25) is 11.8 Å². The summed E-state index contributed by atoms with van der Waals surface area (Å²) in [7, 11) is 2.58. The maximum absolute atomic E-state index is 14.3. The van der Waals surface area contributed by atoms with Gasteiger partial charge in [0.25, 0.3) is 0 Å². The molecule has 0 radical (unpaired) electrons. The molecule has 318 valence electrons. The summed E-state index contributed by atoms with van der Waals surface area (Å²) < 4.78 is 15.3. The van der Waals surface area contributed by atoms with Crippen molar-refractivity contribution < 1.29 is 33.4 Å². The molecule has 7 rings (SSSR count). The average Bonchev–Trinajstić information content (AvgIpc) is 4.09. The first kappa shape index (κ1) is 42.6. The van der Waals surface area contributed by atoms with Gasteiger partial charge in [-0.05, 0) is 79.3 Å². The Morgan fingerprint density at radius 1 is 0.833 bits per heavy atom. The molecule has 60 heavy (non-hydrogen) atoms. The molecular formula is C44H54N8O7S. The maximum atomic E-state index is 14.3. The number of imidazole rings is 2. The van der Waals surface area contributed by atoms with E-state index in [-0.39, 0.29) is 47.0 Å². The van der Waals surface area contributed by atoms with Crippen molar-refractivity contribution in [3.8, 4) is 23.1 Å². The molecule has 3 fully saturated rings. The number of carbonyl (C=O) groups excluding carboxylic acids is 4. The third kappa shape index (κ3) is 9.27. The number of H-pyrrole nitrogens is 2. The molecule has 0 spiro atoms. The number of amides is 4. The topological polar surface area (TPSA) is 184 Å². The molecule has 2 aromatic carbocycles. The lowest BCUT2D eigenvalue weighted by atomic mass is 9.96. The number of likely N-dealkylation sites (tertiary alicyclic amines) is 1. The Labute approximate surface area is 354 Å². The van der Waals surface area contributed by atoms with E-state index in [4.69, 9.17) is 24.2 Å². The zero-order chi connectivity index (χ0) is 42.5. The van der Waals surface area contributed by atoms with Crippen molar-refractivity contribution in [2.24, 2.45) is 17.8 Å². The fourth-order valence-corrected chi connectivity index (χ4v) is 9.88. The van der Waals surface area contributed by atoms with Gasteiger partial charge < -0.3 is 44.6 Å². The standard InChI is InChI=1S/C44H54N8O7S/c1-25(2)36(49-43(55)57-5)40(53)51-19-7-8-34(51)39-46-31-16-13-28(22-32(31)47-39)10-9-27-11-14-29(15-12-27)33-23-45-38(48-33)35-24-60-42(30-17-20-59-21-18-30)52(35)41(54)37(26(3)4)50-44(56)58-6/h11-16,22-23,25-26,30,34-37,42H,7-8,17-21,24H2,1-6H3,(H,45,48)(H,46,47)(H,49,55)(H,50,56)/t34-,35-,36-,37-,42?/m0/s1. The van der Waals surface area contributed by atoms with E-state index in [1.165, 1.54) is 14.2 Å². The zero-order valence-corrected chi connectivity index (χ0v) is 35.8. The normalized spacial score (nSPS) is 20.5. The number of carbonyl (C=O) groups is 4. The zero-order valence-electron chi connectivity index (χ0n) is 34.9. The van der Waals surface area contributed by atoms with Crippen LogP contribution in [0.4, 0.5) is 9.59 Å². The lowest BCUT2D eigenvalue weighted by molar-refractivity contribution is -0.138. The Hall–Kier alpha value is -5.53. The van der Waals surface area contributed by atoms with Crippen LogP contribution in [0.5, 0.6) is 0 Å². The Morgan fingerprint density at radius 2 is 1.48 bits per heavy atom. The summed E-state index contributed by atoms with van der Waals surface area (Å²) in [6.07, 6.45) is 3.86. The first-order valence-electron chi connectivity index (χ1n) is 20.6. The van der Waals surface area contributed by atoms with E-state index in [9.17, 15) is 19.2 Å². The predicted molar refractivity (Wildman–Crippen MR) is 227 cm³/mol. The van der Waals surface area contributed by atoms with Gasteiger partial charge in [-0.15, -0.1) is 11.8 Å². The van der Waals surface area contributed by atoms with Crippen LogP contribution in [0.3, 0.4) is 0 Å².